The molecule has 0 bridgehead atoms. The number of sulfonamides is 1. The molecule has 1 saturated heterocycles. The zero-order chi connectivity index (χ0) is 20.3. The van der Waals surface area contributed by atoms with Gasteiger partial charge in [-0.05, 0) is 57.0 Å². The predicted molar refractivity (Wildman–Crippen MR) is 105 cm³/mol. The molecule has 0 spiro atoms. The van der Waals surface area contributed by atoms with Gasteiger partial charge in [-0.15, -0.1) is 0 Å². The number of rotatable bonds is 4. The summed E-state index contributed by atoms with van der Waals surface area (Å²) in [6.07, 6.45) is 1.67. The number of aryl methyl sites for hydroxylation is 2. The van der Waals surface area contributed by atoms with E-state index in [1.165, 1.54) is 28.6 Å². The molecule has 148 valence electrons. The molecule has 1 fully saturated rings. The summed E-state index contributed by atoms with van der Waals surface area (Å²) in [6, 6.07) is 11.2. The molecular weight excluding hydrogens is 378 g/mol. The van der Waals surface area contributed by atoms with Gasteiger partial charge in [0.25, 0.3) is 11.8 Å². The van der Waals surface area contributed by atoms with Crippen LogP contribution in [0.3, 0.4) is 0 Å². The zero-order valence-electron chi connectivity index (χ0n) is 15.9. The highest BCUT2D eigenvalue weighted by Crippen LogP contribution is 2.21. The molecule has 28 heavy (non-hydrogen) atoms. The van der Waals surface area contributed by atoms with Crippen molar-refractivity contribution < 1.29 is 18.0 Å². The maximum Gasteiger partial charge on any atom is 0.269 e. The van der Waals surface area contributed by atoms with Crippen molar-refractivity contribution in [3.63, 3.8) is 0 Å². The van der Waals surface area contributed by atoms with Gasteiger partial charge in [-0.1, -0.05) is 23.3 Å². The molecule has 0 atom stereocenters. The Kier molecular flexibility index (Phi) is 5.81. The molecule has 0 unspecified atom stereocenters. The van der Waals surface area contributed by atoms with Crippen LogP contribution >= 0.6 is 0 Å². The lowest BCUT2D eigenvalue weighted by Gasteiger charge is -2.16. The Bertz CT molecular complexity index is 992. The van der Waals surface area contributed by atoms with Crippen molar-refractivity contribution in [2.75, 3.05) is 13.1 Å². The average molecular weight is 401 g/mol. The molecule has 0 saturated carbocycles. The van der Waals surface area contributed by atoms with E-state index in [9.17, 15) is 18.0 Å². The van der Waals surface area contributed by atoms with Crippen LogP contribution in [0.15, 0.2) is 47.4 Å². The summed E-state index contributed by atoms with van der Waals surface area (Å²) < 4.78 is 26.7. The largest absolute Gasteiger partial charge is 0.269 e. The lowest BCUT2D eigenvalue weighted by molar-refractivity contribution is 0.0846. The van der Waals surface area contributed by atoms with Crippen molar-refractivity contribution in [2.45, 2.75) is 31.6 Å². The topological polar surface area (TPSA) is 95.6 Å². The molecule has 0 aromatic heterocycles. The van der Waals surface area contributed by atoms with Gasteiger partial charge in [0.1, 0.15) is 0 Å². The van der Waals surface area contributed by atoms with Crippen LogP contribution in [0.25, 0.3) is 0 Å². The molecule has 1 aliphatic rings. The summed E-state index contributed by atoms with van der Waals surface area (Å²) in [5.41, 5.74) is 7.17. The Labute approximate surface area is 164 Å². The monoisotopic (exact) mass is 401 g/mol. The summed E-state index contributed by atoms with van der Waals surface area (Å²) in [7, 11) is -3.61. The van der Waals surface area contributed by atoms with E-state index in [0.29, 0.717) is 18.7 Å². The fraction of sp³-hybridized carbons (Fsp3) is 0.300. The second kappa shape index (κ2) is 8.12. The van der Waals surface area contributed by atoms with Crippen molar-refractivity contribution in [1.82, 2.24) is 15.2 Å². The number of carbonyl (C=O) groups excluding carboxylic acids is 2. The molecule has 0 aliphatic carbocycles. The number of hydrogen-bond donors (Lipinski definition) is 2. The number of benzene rings is 2. The number of carbonyl (C=O) groups is 2. The van der Waals surface area contributed by atoms with E-state index in [4.69, 9.17) is 0 Å². The fourth-order valence-corrected chi connectivity index (χ4v) is 4.80. The number of hydrogen-bond acceptors (Lipinski definition) is 4. The average Bonchev–Trinajstić information content (AvgIpc) is 3.21. The van der Waals surface area contributed by atoms with Gasteiger partial charge in [-0.3, -0.25) is 20.4 Å². The summed E-state index contributed by atoms with van der Waals surface area (Å²) >= 11 is 0. The van der Waals surface area contributed by atoms with Crippen LogP contribution in [-0.2, 0) is 10.0 Å². The summed E-state index contributed by atoms with van der Waals surface area (Å²) in [4.78, 5) is 24.7. The van der Waals surface area contributed by atoms with E-state index < -0.39 is 21.8 Å². The Morgan fingerprint density at radius 2 is 1.43 bits per heavy atom. The lowest BCUT2D eigenvalue weighted by Crippen LogP contribution is -2.41. The van der Waals surface area contributed by atoms with Gasteiger partial charge in [0.15, 0.2) is 0 Å². The van der Waals surface area contributed by atoms with Gasteiger partial charge in [0, 0.05) is 24.2 Å². The first-order valence-electron chi connectivity index (χ1n) is 9.06. The van der Waals surface area contributed by atoms with Crippen molar-refractivity contribution in [3.8, 4) is 0 Å². The highest BCUT2D eigenvalue weighted by Gasteiger charge is 2.27. The number of nitrogens with zero attached hydrogens (tertiary/aromatic N) is 1. The first kappa shape index (κ1) is 20.0. The van der Waals surface area contributed by atoms with Gasteiger partial charge in [0.05, 0.1) is 4.90 Å². The van der Waals surface area contributed by atoms with E-state index in [1.54, 1.807) is 12.1 Å². The maximum atomic E-state index is 12.6. The van der Waals surface area contributed by atoms with Gasteiger partial charge in [-0.25, -0.2) is 8.42 Å². The second-order valence-corrected chi connectivity index (χ2v) is 8.86. The van der Waals surface area contributed by atoms with Crippen LogP contribution in [0.4, 0.5) is 0 Å². The number of hydrazine groups is 1. The third-order valence-electron chi connectivity index (χ3n) is 4.57. The van der Waals surface area contributed by atoms with Crippen LogP contribution in [-0.4, -0.2) is 37.6 Å². The van der Waals surface area contributed by atoms with E-state index >= 15 is 0 Å². The smallest absolute Gasteiger partial charge is 0.267 e. The normalized spacial score (nSPS) is 14.6. The Morgan fingerprint density at radius 3 is 2.04 bits per heavy atom. The second-order valence-electron chi connectivity index (χ2n) is 6.92. The van der Waals surface area contributed by atoms with Crippen molar-refractivity contribution in [3.05, 3.63) is 64.7 Å². The van der Waals surface area contributed by atoms with Gasteiger partial charge in [-0.2, -0.15) is 4.31 Å². The van der Waals surface area contributed by atoms with Gasteiger partial charge >= 0.3 is 0 Å². The Morgan fingerprint density at radius 1 is 0.857 bits per heavy atom. The van der Waals surface area contributed by atoms with E-state index in [-0.39, 0.29) is 10.5 Å². The van der Waals surface area contributed by atoms with E-state index in [0.717, 1.165) is 24.0 Å². The maximum absolute atomic E-state index is 12.6. The third kappa shape index (κ3) is 4.40. The van der Waals surface area contributed by atoms with Crippen LogP contribution in [0.2, 0.25) is 0 Å². The van der Waals surface area contributed by atoms with Crippen molar-refractivity contribution in [2.24, 2.45) is 0 Å². The molecule has 2 aromatic carbocycles. The molecule has 0 radical (unpaired) electrons. The summed E-state index contributed by atoms with van der Waals surface area (Å²) in [5.74, 6) is -1.03. The molecule has 1 heterocycles. The fourth-order valence-electron chi connectivity index (χ4n) is 3.24. The SMILES string of the molecule is Cc1cc(C)cc(C(=O)NNC(=O)c2cccc(S(=O)(=O)N3CCCC3)c2)c1. The summed E-state index contributed by atoms with van der Waals surface area (Å²) in [6.45, 7) is 4.75. The van der Waals surface area contributed by atoms with Gasteiger partial charge < -0.3 is 0 Å². The molecule has 3 rings (SSSR count). The van der Waals surface area contributed by atoms with Crippen molar-refractivity contribution >= 4 is 21.8 Å². The first-order chi connectivity index (χ1) is 13.3. The standard InChI is InChI=1S/C20H23N3O4S/c1-14-10-15(2)12-17(11-14)20(25)22-21-19(24)16-6-5-7-18(13-16)28(26,27)23-8-3-4-9-23/h5-7,10-13H,3-4,8-9H2,1-2H3,(H,21,24)(H,22,25). The van der Waals surface area contributed by atoms with Gasteiger partial charge in [0.2, 0.25) is 10.0 Å². The van der Waals surface area contributed by atoms with E-state index in [1.807, 2.05) is 19.9 Å². The predicted octanol–water partition coefficient (Wildman–Crippen LogP) is 2.16. The van der Waals surface area contributed by atoms with Crippen LogP contribution in [0.1, 0.15) is 44.7 Å². The van der Waals surface area contributed by atoms with Crippen molar-refractivity contribution in [1.29, 1.82) is 0 Å². The molecular formula is C20H23N3O4S. The third-order valence-corrected chi connectivity index (χ3v) is 6.47. The van der Waals surface area contributed by atoms with E-state index in [2.05, 4.69) is 10.9 Å². The lowest BCUT2D eigenvalue weighted by atomic mass is 10.1. The van der Waals surface area contributed by atoms with Crippen LogP contribution in [0, 0.1) is 13.8 Å². The Hall–Kier alpha value is -2.71. The summed E-state index contributed by atoms with van der Waals surface area (Å²) in [5, 5.41) is 0. The first-order valence-corrected chi connectivity index (χ1v) is 10.5. The molecule has 7 nitrogen and oxygen atoms in total. The number of nitrogens with one attached hydrogen (secondary N) is 2. The molecule has 2 aromatic rings. The highest BCUT2D eigenvalue weighted by molar-refractivity contribution is 7.89. The minimum atomic E-state index is -3.61. The minimum absolute atomic E-state index is 0.0719. The zero-order valence-corrected chi connectivity index (χ0v) is 16.7. The van der Waals surface area contributed by atoms with Crippen LogP contribution in [0.5, 0.6) is 0 Å². The molecule has 8 heteroatoms. The number of amides is 2. The highest BCUT2D eigenvalue weighted by atomic mass is 32.2. The molecule has 2 N–H and O–H groups in total. The molecule has 2 amide bonds. The quantitative estimate of drug-likeness (QED) is 0.768. The minimum Gasteiger partial charge on any atom is -0.267 e. The molecule has 1 aliphatic heterocycles. The van der Waals surface area contributed by atoms with Crippen LogP contribution < -0.4 is 10.9 Å². The Balaban J connectivity index is 1.70.